The quantitative estimate of drug-likeness (QED) is 0.485. The van der Waals surface area contributed by atoms with E-state index in [4.69, 9.17) is 9.47 Å². The normalized spacial score (nSPS) is 10.9. The second-order valence-corrected chi connectivity index (χ2v) is 7.89. The molecule has 0 unspecified atom stereocenters. The molecule has 0 heterocycles. The summed E-state index contributed by atoms with van der Waals surface area (Å²) in [6.45, 7) is 1.97. The zero-order valence-electron chi connectivity index (χ0n) is 20.0. The van der Waals surface area contributed by atoms with Gasteiger partial charge in [-0.1, -0.05) is 29.8 Å². The first-order chi connectivity index (χ1) is 16.3. The Morgan fingerprint density at radius 1 is 0.853 bits per heavy atom. The first-order valence-electron chi connectivity index (χ1n) is 10.7. The van der Waals surface area contributed by atoms with Gasteiger partial charge in [0.25, 0.3) is 11.8 Å². The minimum atomic E-state index is -0.448. The lowest BCUT2D eigenvalue weighted by atomic mass is 10.1. The first-order valence-corrected chi connectivity index (χ1v) is 10.7. The van der Waals surface area contributed by atoms with Crippen LogP contribution < -0.4 is 25.0 Å². The van der Waals surface area contributed by atoms with Crippen molar-refractivity contribution in [3.8, 4) is 11.5 Å². The van der Waals surface area contributed by atoms with Gasteiger partial charge in [0.2, 0.25) is 0 Å². The fraction of sp³-hybridized carbons (Fsp3) is 0.185. The fourth-order valence-electron chi connectivity index (χ4n) is 3.20. The molecule has 0 aromatic heterocycles. The lowest BCUT2D eigenvalue weighted by molar-refractivity contribution is -0.113. The van der Waals surface area contributed by atoms with E-state index in [1.165, 1.54) is 14.2 Å². The number of hydrogen-bond donors (Lipinski definition) is 2. The van der Waals surface area contributed by atoms with E-state index >= 15 is 0 Å². The number of aryl methyl sites for hydroxylation is 1. The van der Waals surface area contributed by atoms with Gasteiger partial charge in [-0.25, -0.2) is 0 Å². The van der Waals surface area contributed by atoms with E-state index in [0.717, 1.165) is 16.8 Å². The van der Waals surface area contributed by atoms with Gasteiger partial charge in [-0.3, -0.25) is 9.59 Å². The lowest BCUT2D eigenvalue weighted by Gasteiger charge is -2.14. The van der Waals surface area contributed by atoms with Gasteiger partial charge in [0.1, 0.15) is 5.70 Å². The van der Waals surface area contributed by atoms with Gasteiger partial charge in [0.05, 0.1) is 14.2 Å². The Labute approximate surface area is 200 Å². The monoisotopic (exact) mass is 459 g/mol. The summed E-state index contributed by atoms with van der Waals surface area (Å²) in [5, 5.41) is 5.58. The van der Waals surface area contributed by atoms with Crippen molar-refractivity contribution in [3.05, 3.63) is 89.1 Å². The molecule has 0 saturated heterocycles. The SMILES string of the molecule is COc1ccc(C(=O)NC(=Cc2ccc(N(C)C)cc2)C(=O)Nc2ccc(C)cc2)cc1OC. The molecule has 3 aromatic carbocycles. The molecular weight excluding hydrogens is 430 g/mol. The largest absolute Gasteiger partial charge is 0.493 e. The number of anilines is 2. The molecule has 0 aliphatic carbocycles. The van der Waals surface area contributed by atoms with E-state index in [1.54, 1.807) is 24.3 Å². The number of rotatable bonds is 8. The molecule has 0 radical (unpaired) electrons. The molecule has 176 valence electrons. The summed E-state index contributed by atoms with van der Waals surface area (Å²) in [6.07, 6.45) is 1.64. The molecule has 0 saturated carbocycles. The average molecular weight is 460 g/mol. The van der Waals surface area contributed by atoms with Crippen LogP contribution in [0.25, 0.3) is 6.08 Å². The zero-order valence-corrected chi connectivity index (χ0v) is 20.0. The molecule has 3 rings (SSSR count). The number of nitrogens with zero attached hydrogens (tertiary/aromatic N) is 1. The van der Waals surface area contributed by atoms with Crippen LogP contribution in [-0.2, 0) is 4.79 Å². The Kier molecular flexibility index (Phi) is 7.92. The average Bonchev–Trinajstić information content (AvgIpc) is 2.84. The van der Waals surface area contributed by atoms with Crippen molar-refractivity contribution in [2.75, 3.05) is 38.5 Å². The molecular formula is C27H29N3O4. The first kappa shape index (κ1) is 24.4. The van der Waals surface area contributed by atoms with Crippen molar-refractivity contribution in [3.63, 3.8) is 0 Å². The van der Waals surface area contributed by atoms with E-state index < -0.39 is 11.8 Å². The van der Waals surface area contributed by atoms with Crippen molar-refractivity contribution >= 4 is 29.3 Å². The van der Waals surface area contributed by atoms with E-state index in [9.17, 15) is 9.59 Å². The molecule has 0 aliphatic heterocycles. The number of hydrogen-bond acceptors (Lipinski definition) is 5. The molecule has 7 nitrogen and oxygen atoms in total. The summed E-state index contributed by atoms with van der Waals surface area (Å²) < 4.78 is 10.5. The van der Waals surface area contributed by atoms with E-state index in [1.807, 2.05) is 74.4 Å². The second-order valence-electron chi connectivity index (χ2n) is 7.89. The zero-order chi connectivity index (χ0) is 24.7. The molecule has 0 spiro atoms. The molecule has 0 fully saturated rings. The highest BCUT2D eigenvalue weighted by molar-refractivity contribution is 6.10. The van der Waals surface area contributed by atoms with Crippen molar-refractivity contribution in [2.24, 2.45) is 0 Å². The molecule has 3 aromatic rings. The Morgan fingerprint density at radius 3 is 2.09 bits per heavy atom. The summed E-state index contributed by atoms with van der Waals surface area (Å²) >= 11 is 0. The van der Waals surface area contributed by atoms with Crippen molar-refractivity contribution in [1.29, 1.82) is 0 Å². The highest BCUT2D eigenvalue weighted by Crippen LogP contribution is 2.27. The standard InChI is InChI=1S/C27H29N3O4/c1-18-6-11-21(12-7-18)28-27(32)23(16-19-8-13-22(14-9-19)30(2)3)29-26(31)20-10-15-24(33-4)25(17-20)34-5/h6-17H,1-5H3,(H,28,32)(H,29,31). The number of methoxy groups -OCH3 is 2. The molecule has 0 atom stereocenters. The predicted molar refractivity (Wildman–Crippen MR) is 136 cm³/mol. The number of ether oxygens (including phenoxy) is 2. The summed E-state index contributed by atoms with van der Waals surface area (Å²) in [5.74, 6) is 0.0440. The fourth-order valence-corrected chi connectivity index (χ4v) is 3.20. The second kappa shape index (κ2) is 11.0. The minimum absolute atomic E-state index is 0.109. The molecule has 0 aliphatic rings. The molecule has 2 amide bonds. The van der Waals surface area contributed by atoms with E-state index in [0.29, 0.717) is 22.7 Å². The van der Waals surface area contributed by atoms with Gasteiger partial charge in [-0.2, -0.15) is 0 Å². The summed E-state index contributed by atoms with van der Waals surface area (Å²) in [5.41, 5.74) is 3.94. The van der Waals surface area contributed by atoms with Crippen LogP contribution in [-0.4, -0.2) is 40.1 Å². The van der Waals surface area contributed by atoms with Gasteiger partial charge < -0.3 is 25.0 Å². The van der Waals surface area contributed by atoms with Crippen LogP contribution in [0.15, 0.2) is 72.4 Å². The molecule has 0 bridgehead atoms. The van der Waals surface area contributed by atoms with Crippen LogP contribution in [0, 0.1) is 6.92 Å². The summed E-state index contributed by atoms with van der Waals surface area (Å²) in [7, 11) is 6.93. The van der Waals surface area contributed by atoms with Crippen LogP contribution in [0.1, 0.15) is 21.5 Å². The Bertz CT molecular complexity index is 1180. The minimum Gasteiger partial charge on any atom is -0.493 e. The number of amides is 2. The smallest absolute Gasteiger partial charge is 0.272 e. The Morgan fingerprint density at radius 2 is 1.50 bits per heavy atom. The maximum Gasteiger partial charge on any atom is 0.272 e. The van der Waals surface area contributed by atoms with Crippen LogP contribution in [0.5, 0.6) is 11.5 Å². The maximum atomic E-state index is 13.1. The van der Waals surface area contributed by atoms with Crippen LogP contribution in [0.2, 0.25) is 0 Å². The molecule has 7 heteroatoms. The van der Waals surface area contributed by atoms with E-state index in [-0.39, 0.29) is 5.70 Å². The number of benzene rings is 3. The van der Waals surface area contributed by atoms with Gasteiger partial charge in [0, 0.05) is 31.0 Å². The number of carbonyl (C=O) groups is 2. The van der Waals surface area contributed by atoms with Crippen molar-refractivity contribution in [1.82, 2.24) is 5.32 Å². The third-order valence-corrected chi connectivity index (χ3v) is 5.17. The highest BCUT2D eigenvalue weighted by Gasteiger charge is 2.17. The summed E-state index contributed by atoms with van der Waals surface area (Å²) in [4.78, 5) is 28.1. The van der Waals surface area contributed by atoms with Gasteiger partial charge >= 0.3 is 0 Å². The number of nitrogens with one attached hydrogen (secondary N) is 2. The Balaban J connectivity index is 1.91. The number of carbonyl (C=O) groups excluding carboxylic acids is 2. The van der Waals surface area contributed by atoms with Crippen molar-refractivity contribution < 1.29 is 19.1 Å². The van der Waals surface area contributed by atoms with Gasteiger partial charge in [-0.15, -0.1) is 0 Å². The molecule has 34 heavy (non-hydrogen) atoms. The highest BCUT2D eigenvalue weighted by atomic mass is 16.5. The topological polar surface area (TPSA) is 79.9 Å². The molecule has 2 N–H and O–H groups in total. The Hall–Kier alpha value is -4.26. The van der Waals surface area contributed by atoms with Crippen LogP contribution in [0.3, 0.4) is 0 Å². The maximum absolute atomic E-state index is 13.1. The lowest BCUT2D eigenvalue weighted by Crippen LogP contribution is -2.30. The van der Waals surface area contributed by atoms with Crippen molar-refractivity contribution in [2.45, 2.75) is 6.92 Å². The third kappa shape index (κ3) is 6.16. The third-order valence-electron chi connectivity index (χ3n) is 5.17. The van der Waals surface area contributed by atoms with Gasteiger partial charge in [-0.05, 0) is 61.0 Å². The van der Waals surface area contributed by atoms with Crippen LogP contribution >= 0.6 is 0 Å². The van der Waals surface area contributed by atoms with E-state index in [2.05, 4.69) is 10.6 Å². The van der Waals surface area contributed by atoms with Crippen LogP contribution in [0.4, 0.5) is 11.4 Å². The van der Waals surface area contributed by atoms with Gasteiger partial charge in [0.15, 0.2) is 11.5 Å². The predicted octanol–water partition coefficient (Wildman–Crippen LogP) is 4.49. The summed E-state index contributed by atoms with van der Waals surface area (Å²) in [6, 6.07) is 19.9.